The van der Waals surface area contributed by atoms with Gasteiger partial charge >= 0.3 is 0 Å². The average molecular weight is 558 g/mol. The number of guanidine groups is 1. The van der Waals surface area contributed by atoms with Gasteiger partial charge in [0.1, 0.15) is 11.4 Å². The van der Waals surface area contributed by atoms with Crippen molar-refractivity contribution < 1.29 is 19.0 Å². The Labute approximate surface area is 207 Å². The van der Waals surface area contributed by atoms with Gasteiger partial charge in [-0.1, -0.05) is 0 Å². The van der Waals surface area contributed by atoms with E-state index >= 15 is 0 Å². The zero-order chi connectivity index (χ0) is 22.3. The summed E-state index contributed by atoms with van der Waals surface area (Å²) in [7, 11) is 3.34. The zero-order valence-corrected chi connectivity index (χ0v) is 21.6. The lowest BCUT2D eigenvalue weighted by atomic mass is 9.99. The highest BCUT2D eigenvalue weighted by Gasteiger charge is 2.26. The van der Waals surface area contributed by atoms with E-state index in [9.17, 15) is 5.11 Å². The van der Waals surface area contributed by atoms with E-state index in [2.05, 4.69) is 32.7 Å². The Morgan fingerprint density at radius 1 is 1.22 bits per heavy atom. The first kappa shape index (κ1) is 26.3. The van der Waals surface area contributed by atoms with Crippen molar-refractivity contribution in [2.24, 2.45) is 4.99 Å². The second-order valence-electron chi connectivity index (χ2n) is 7.88. The van der Waals surface area contributed by atoms with E-state index in [0.717, 1.165) is 50.6 Å². The first-order valence-electron chi connectivity index (χ1n) is 10.7. The first-order chi connectivity index (χ1) is 15.0. The van der Waals surface area contributed by atoms with Crippen LogP contribution in [0.15, 0.2) is 39.9 Å². The van der Waals surface area contributed by atoms with Crippen LogP contribution in [-0.4, -0.2) is 62.9 Å². The van der Waals surface area contributed by atoms with Crippen LogP contribution in [0.5, 0.6) is 11.5 Å². The summed E-state index contributed by atoms with van der Waals surface area (Å²) in [6, 6.07) is 7.69. The molecule has 1 atom stereocenters. The SMILES string of the molecule is CCNC(=NCC(C)(O)c1ccco1)NCCN1CCc2cc(OC)c(OC)cc2C1.I. The summed E-state index contributed by atoms with van der Waals surface area (Å²) in [5.74, 6) is 2.74. The number of methoxy groups -OCH3 is 2. The van der Waals surface area contributed by atoms with Crippen LogP contribution in [-0.2, 0) is 18.6 Å². The molecule has 0 saturated carbocycles. The molecule has 8 nitrogen and oxygen atoms in total. The van der Waals surface area contributed by atoms with E-state index in [1.165, 1.54) is 11.1 Å². The fraction of sp³-hybridized carbons (Fsp3) is 0.522. The molecule has 1 aliphatic heterocycles. The highest BCUT2D eigenvalue weighted by atomic mass is 127. The number of nitrogens with zero attached hydrogens (tertiary/aromatic N) is 2. The van der Waals surface area contributed by atoms with E-state index < -0.39 is 5.60 Å². The molecular weight excluding hydrogens is 523 g/mol. The predicted molar refractivity (Wildman–Crippen MR) is 136 cm³/mol. The summed E-state index contributed by atoms with van der Waals surface area (Å²) in [6.07, 6.45) is 2.54. The Balaban J connectivity index is 0.00000363. The van der Waals surface area contributed by atoms with E-state index in [-0.39, 0.29) is 30.5 Å². The van der Waals surface area contributed by atoms with Crippen LogP contribution in [0.2, 0.25) is 0 Å². The summed E-state index contributed by atoms with van der Waals surface area (Å²) in [4.78, 5) is 6.94. The van der Waals surface area contributed by atoms with Gasteiger partial charge in [0.05, 0.1) is 27.0 Å². The minimum absolute atomic E-state index is 0. The number of hydrogen-bond acceptors (Lipinski definition) is 6. The molecule has 0 amide bonds. The van der Waals surface area contributed by atoms with Gasteiger partial charge in [-0.3, -0.25) is 4.90 Å². The number of halogens is 1. The quantitative estimate of drug-likeness (QED) is 0.248. The largest absolute Gasteiger partial charge is 0.493 e. The van der Waals surface area contributed by atoms with E-state index in [1.54, 1.807) is 39.5 Å². The van der Waals surface area contributed by atoms with E-state index in [4.69, 9.17) is 13.9 Å². The fourth-order valence-electron chi connectivity index (χ4n) is 3.70. The van der Waals surface area contributed by atoms with Crippen molar-refractivity contribution in [1.29, 1.82) is 0 Å². The normalized spacial score (nSPS) is 15.8. The molecule has 9 heteroatoms. The number of rotatable bonds is 9. The van der Waals surface area contributed by atoms with Crippen LogP contribution >= 0.6 is 24.0 Å². The van der Waals surface area contributed by atoms with Crippen LogP contribution < -0.4 is 20.1 Å². The molecular formula is C23H35IN4O4. The fourth-order valence-corrected chi connectivity index (χ4v) is 3.70. The zero-order valence-electron chi connectivity index (χ0n) is 19.3. The molecule has 2 heterocycles. The molecule has 1 aromatic heterocycles. The summed E-state index contributed by atoms with van der Waals surface area (Å²) < 4.78 is 16.2. The van der Waals surface area contributed by atoms with E-state index in [0.29, 0.717) is 11.7 Å². The van der Waals surface area contributed by atoms with Gasteiger partial charge in [0, 0.05) is 32.7 Å². The molecule has 178 valence electrons. The standard InChI is InChI=1S/C23H34N4O4.HI/c1-5-24-22(26-16-23(2,28)21-7-6-12-31-21)25-9-11-27-10-8-17-13-19(29-3)20(30-4)14-18(17)15-27;/h6-7,12-14,28H,5,8-11,15-16H2,1-4H3,(H2,24,25,26);1H. The average Bonchev–Trinajstić information content (AvgIpc) is 3.32. The molecule has 3 N–H and O–H groups in total. The lowest BCUT2D eigenvalue weighted by Crippen LogP contribution is -2.43. The third-order valence-corrected chi connectivity index (χ3v) is 5.46. The minimum atomic E-state index is -1.15. The molecule has 0 bridgehead atoms. The highest BCUT2D eigenvalue weighted by molar-refractivity contribution is 14.0. The number of fused-ring (bicyclic) bond motifs is 1. The molecule has 32 heavy (non-hydrogen) atoms. The van der Waals surface area contributed by atoms with Gasteiger partial charge in [-0.25, -0.2) is 4.99 Å². The maximum absolute atomic E-state index is 10.6. The summed E-state index contributed by atoms with van der Waals surface area (Å²) in [5, 5.41) is 17.2. The third-order valence-electron chi connectivity index (χ3n) is 5.46. The second-order valence-corrected chi connectivity index (χ2v) is 7.88. The van der Waals surface area contributed by atoms with Crippen molar-refractivity contribution in [2.45, 2.75) is 32.4 Å². The van der Waals surface area contributed by atoms with Crippen molar-refractivity contribution in [3.63, 3.8) is 0 Å². The van der Waals surface area contributed by atoms with Crippen molar-refractivity contribution >= 4 is 29.9 Å². The van der Waals surface area contributed by atoms with Crippen LogP contribution in [0.1, 0.15) is 30.7 Å². The lowest BCUT2D eigenvalue weighted by Gasteiger charge is -2.29. The highest BCUT2D eigenvalue weighted by Crippen LogP contribution is 2.33. The van der Waals surface area contributed by atoms with Crippen molar-refractivity contribution in [3.8, 4) is 11.5 Å². The molecule has 2 aromatic rings. The first-order valence-corrected chi connectivity index (χ1v) is 10.7. The van der Waals surface area contributed by atoms with Gasteiger partial charge in [0.15, 0.2) is 17.5 Å². The smallest absolute Gasteiger partial charge is 0.191 e. The molecule has 0 radical (unpaired) electrons. The maximum Gasteiger partial charge on any atom is 0.191 e. The number of ether oxygens (including phenoxy) is 2. The Hall–Kier alpha value is -1.98. The van der Waals surface area contributed by atoms with Gasteiger partial charge in [0.25, 0.3) is 0 Å². The second kappa shape index (κ2) is 12.3. The van der Waals surface area contributed by atoms with Crippen molar-refractivity contribution in [1.82, 2.24) is 15.5 Å². The minimum Gasteiger partial charge on any atom is -0.493 e. The molecule has 1 aliphatic rings. The van der Waals surface area contributed by atoms with Gasteiger partial charge in [-0.05, 0) is 55.7 Å². The Morgan fingerprint density at radius 3 is 2.56 bits per heavy atom. The number of furan rings is 1. The van der Waals surface area contributed by atoms with Crippen LogP contribution in [0.3, 0.4) is 0 Å². The topological polar surface area (TPSA) is 91.5 Å². The molecule has 0 aliphatic carbocycles. The van der Waals surface area contributed by atoms with Gasteiger partial charge in [-0.2, -0.15) is 0 Å². The van der Waals surface area contributed by atoms with E-state index in [1.807, 2.05) is 6.92 Å². The molecule has 3 rings (SSSR count). The predicted octanol–water partition coefficient (Wildman–Crippen LogP) is 2.74. The van der Waals surface area contributed by atoms with Crippen LogP contribution in [0.4, 0.5) is 0 Å². The number of aliphatic hydroxyl groups is 1. The third kappa shape index (κ3) is 6.76. The number of benzene rings is 1. The molecule has 1 unspecified atom stereocenters. The summed E-state index contributed by atoms with van der Waals surface area (Å²) in [5.41, 5.74) is 1.44. The van der Waals surface area contributed by atoms with Crippen LogP contribution in [0.25, 0.3) is 0 Å². The van der Waals surface area contributed by atoms with Crippen molar-refractivity contribution in [3.05, 3.63) is 47.4 Å². The monoisotopic (exact) mass is 558 g/mol. The number of nitrogens with one attached hydrogen (secondary N) is 2. The summed E-state index contributed by atoms with van der Waals surface area (Å²) in [6.45, 7) is 8.16. The Kier molecular flexibility index (Phi) is 10.1. The molecule has 0 saturated heterocycles. The lowest BCUT2D eigenvalue weighted by molar-refractivity contribution is 0.0437. The van der Waals surface area contributed by atoms with Gasteiger partial charge < -0.3 is 29.6 Å². The van der Waals surface area contributed by atoms with Crippen LogP contribution in [0, 0.1) is 0 Å². The number of aliphatic imine (C=N–C) groups is 1. The summed E-state index contributed by atoms with van der Waals surface area (Å²) >= 11 is 0. The Morgan fingerprint density at radius 2 is 1.94 bits per heavy atom. The maximum atomic E-state index is 10.6. The van der Waals surface area contributed by atoms with Crippen molar-refractivity contribution in [2.75, 3.05) is 46.9 Å². The van der Waals surface area contributed by atoms with Gasteiger partial charge in [0.2, 0.25) is 0 Å². The molecule has 0 spiro atoms. The molecule has 0 fully saturated rings. The molecule has 1 aromatic carbocycles. The number of hydrogen-bond donors (Lipinski definition) is 3. The Bertz CT molecular complexity index is 871. The van der Waals surface area contributed by atoms with Gasteiger partial charge in [-0.15, -0.1) is 24.0 Å².